The molecule has 1 aliphatic rings. The number of fused-ring (bicyclic) bond motifs is 1. The predicted molar refractivity (Wildman–Crippen MR) is 86.6 cm³/mol. The Kier molecular flexibility index (Phi) is 4.07. The third kappa shape index (κ3) is 2.93. The molecule has 0 bridgehead atoms. The fraction of sp³-hybridized carbons (Fsp3) is 0.176. The van der Waals surface area contributed by atoms with Crippen LogP contribution in [0.1, 0.15) is 26.3 Å². The van der Waals surface area contributed by atoms with Crippen molar-refractivity contribution < 1.29 is 14.7 Å². The first-order chi connectivity index (χ1) is 11.0. The average Bonchev–Trinajstić information content (AvgIpc) is 2.76. The van der Waals surface area contributed by atoms with Crippen molar-refractivity contribution in [3.63, 3.8) is 0 Å². The number of hydrogen-bond acceptors (Lipinski definition) is 4. The second-order valence-electron chi connectivity index (χ2n) is 5.51. The summed E-state index contributed by atoms with van der Waals surface area (Å²) in [4.78, 5) is 25.8. The van der Waals surface area contributed by atoms with Crippen LogP contribution in [0.2, 0.25) is 5.02 Å². The first kappa shape index (κ1) is 15.5. The standard InChI is InChI=1S/C17H15ClN2O3/c18-15-8-12(21)6-5-10(15)7-11(19)9-20-16(22)13-3-1-2-4-14(13)17(20)23/h1-6,8,11,21H,7,9,19H2. The van der Waals surface area contributed by atoms with E-state index in [9.17, 15) is 14.7 Å². The molecule has 5 nitrogen and oxygen atoms in total. The van der Waals surface area contributed by atoms with Crippen LogP contribution in [0.4, 0.5) is 0 Å². The van der Waals surface area contributed by atoms with Gasteiger partial charge in [-0.1, -0.05) is 29.8 Å². The molecule has 0 saturated carbocycles. The van der Waals surface area contributed by atoms with Crippen molar-refractivity contribution in [2.75, 3.05) is 6.54 Å². The molecular weight excluding hydrogens is 316 g/mol. The van der Waals surface area contributed by atoms with Crippen LogP contribution < -0.4 is 5.73 Å². The van der Waals surface area contributed by atoms with Gasteiger partial charge in [-0.3, -0.25) is 14.5 Å². The minimum Gasteiger partial charge on any atom is -0.508 e. The van der Waals surface area contributed by atoms with Gasteiger partial charge in [-0.2, -0.15) is 0 Å². The first-order valence-corrected chi connectivity index (χ1v) is 7.53. The lowest BCUT2D eigenvalue weighted by molar-refractivity contribution is 0.0644. The Labute approximate surface area is 138 Å². The van der Waals surface area contributed by atoms with E-state index in [-0.39, 0.29) is 24.1 Å². The normalized spacial score (nSPS) is 15.0. The number of amides is 2. The van der Waals surface area contributed by atoms with Gasteiger partial charge in [-0.15, -0.1) is 0 Å². The molecule has 1 unspecified atom stereocenters. The second-order valence-corrected chi connectivity index (χ2v) is 5.91. The Balaban J connectivity index is 1.73. The largest absolute Gasteiger partial charge is 0.508 e. The number of carbonyl (C=O) groups is 2. The third-order valence-corrected chi connectivity index (χ3v) is 4.17. The monoisotopic (exact) mass is 330 g/mol. The second kappa shape index (κ2) is 6.02. The molecule has 2 aromatic carbocycles. The molecule has 0 radical (unpaired) electrons. The highest BCUT2D eigenvalue weighted by atomic mass is 35.5. The summed E-state index contributed by atoms with van der Waals surface area (Å²) >= 11 is 6.06. The van der Waals surface area contributed by atoms with E-state index in [1.807, 2.05) is 0 Å². The molecule has 3 rings (SSSR count). The van der Waals surface area contributed by atoms with E-state index >= 15 is 0 Å². The maximum absolute atomic E-state index is 12.3. The van der Waals surface area contributed by atoms with Crippen LogP contribution in [0.25, 0.3) is 0 Å². The summed E-state index contributed by atoms with van der Waals surface area (Å²) in [7, 11) is 0. The lowest BCUT2D eigenvalue weighted by Gasteiger charge is -2.19. The number of phenols is 1. The van der Waals surface area contributed by atoms with Gasteiger partial charge in [0.15, 0.2) is 0 Å². The lowest BCUT2D eigenvalue weighted by Crippen LogP contribution is -2.41. The minimum absolute atomic E-state index is 0.0765. The number of halogens is 1. The molecule has 1 heterocycles. The van der Waals surface area contributed by atoms with E-state index < -0.39 is 6.04 Å². The Morgan fingerprint density at radius 2 is 1.70 bits per heavy atom. The van der Waals surface area contributed by atoms with Crippen LogP contribution in [0.15, 0.2) is 42.5 Å². The minimum atomic E-state index is -0.445. The van der Waals surface area contributed by atoms with Gasteiger partial charge in [0.1, 0.15) is 5.75 Å². The summed E-state index contributed by atoms with van der Waals surface area (Å²) in [6, 6.07) is 10.9. The van der Waals surface area contributed by atoms with Gasteiger partial charge in [-0.05, 0) is 36.2 Å². The van der Waals surface area contributed by atoms with Crippen molar-refractivity contribution in [1.82, 2.24) is 4.90 Å². The molecule has 6 heteroatoms. The number of imide groups is 1. The average molecular weight is 331 g/mol. The van der Waals surface area contributed by atoms with Crippen LogP contribution in [-0.2, 0) is 6.42 Å². The van der Waals surface area contributed by atoms with Crippen molar-refractivity contribution >= 4 is 23.4 Å². The molecule has 3 N–H and O–H groups in total. The van der Waals surface area contributed by atoms with Gasteiger partial charge in [0.2, 0.25) is 0 Å². The number of benzene rings is 2. The zero-order chi connectivity index (χ0) is 16.6. The van der Waals surface area contributed by atoms with E-state index in [2.05, 4.69) is 0 Å². The summed E-state index contributed by atoms with van der Waals surface area (Å²) in [5.41, 5.74) is 7.66. The van der Waals surface area contributed by atoms with Gasteiger partial charge in [0.05, 0.1) is 11.1 Å². The van der Waals surface area contributed by atoms with E-state index in [1.54, 1.807) is 30.3 Å². The van der Waals surface area contributed by atoms with E-state index in [4.69, 9.17) is 17.3 Å². The Morgan fingerprint density at radius 3 is 2.26 bits per heavy atom. The molecule has 2 amide bonds. The highest BCUT2D eigenvalue weighted by Crippen LogP contribution is 2.25. The van der Waals surface area contributed by atoms with Crippen LogP contribution >= 0.6 is 11.6 Å². The zero-order valence-electron chi connectivity index (χ0n) is 12.2. The highest BCUT2D eigenvalue weighted by Gasteiger charge is 2.35. The maximum atomic E-state index is 12.3. The SMILES string of the molecule is NC(Cc1ccc(O)cc1Cl)CN1C(=O)c2ccccc2C1=O. The maximum Gasteiger partial charge on any atom is 0.261 e. The smallest absolute Gasteiger partial charge is 0.261 e. The van der Waals surface area contributed by atoms with Crippen LogP contribution in [0.3, 0.4) is 0 Å². The van der Waals surface area contributed by atoms with Crippen LogP contribution in [-0.4, -0.2) is 34.4 Å². The molecule has 1 aliphatic heterocycles. The fourth-order valence-electron chi connectivity index (χ4n) is 2.69. The summed E-state index contributed by atoms with van der Waals surface area (Å²) < 4.78 is 0. The zero-order valence-corrected chi connectivity index (χ0v) is 13.0. The number of rotatable bonds is 4. The summed E-state index contributed by atoms with van der Waals surface area (Å²) in [5, 5.41) is 9.76. The molecular formula is C17H15ClN2O3. The van der Waals surface area contributed by atoms with Crippen molar-refractivity contribution in [2.45, 2.75) is 12.5 Å². The third-order valence-electron chi connectivity index (χ3n) is 3.81. The quantitative estimate of drug-likeness (QED) is 0.842. The molecule has 118 valence electrons. The van der Waals surface area contributed by atoms with Crippen molar-refractivity contribution in [1.29, 1.82) is 0 Å². The summed E-state index contributed by atoms with van der Waals surface area (Å²) in [5.74, 6) is -0.566. The van der Waals surface area contributed by atoms with Gasteiger partial charge in [0, 0.05) is 17.6 Å². The number of aromatic hydroxyl groups is 1. The van der Waals surface area contributed by atoms with E-state index in [0.717, 1.165) is 5.56 Å². The highest BCUT2D eigenvalue weighted by molar-refractivity contribution is 6.31. The number of nitrogens with two attached hydrogens (primary N) is 1. The van der Waals surface area contributed by atoms with Gasteiger partial charge in [-0.25, -0.2) is 0 Å². The van der Waals surface area contributed by atoms with Gasteiger partial charge >= 0.3 is 0 Å². The number of phenolic OH excluding ortho intramolecular Hbond substituents is 1. The lowest BCUT2D eigenvalue weighted by atomic mass is 10.1. The number of carbonyl (C=O) groups excluding carboxylic acids is 2. The van der Waals surface area contributed by atoms with E-state index in [1.165, 1.54) is 17.0 Å². The van der Waals surface area contributed by atoms with Crippen molar-refractivity contribution in [2.24, 2.45) is 5.73 Å². The number of hydrogen-bond donors (Lipinski definition) is 2. The Morgan fingerprint density at radius 1 is 1.09 bits per heavy atom. The molecule has 23 heavy (non-hydrogen) atoms. The molecule has 0 spiro atoms. The summed E-state index contributed by atoms with van der Waals surface area (Å²) in [6.45, 7) is 0.115. The molecule has 2 aromatic rings. The van der Waals surface area contributed by atoms with Crippen LogP contribution in [0, 0.1) is 0 Å². The number of nitrogens with zero attached hydrogens (tertiary/aromatic N) is 1. The van der Waals surface area contributed by atoms with Gasteiger partial charge in [0.25, 0.3) is 11.8 Å². The molecule has 0 aliphatic carbocycles. The Bertz CT molecular complexity index is 756. The fourth-order valence-corrected chi connectivity index (χ4v) is 2.94. The first-order valence-electron chi connectivity index (χ1n) is 7.15. The molecule has 0 saturated heterocycles. The molecule has 0 fully saturated rings. The summed E-state index contributed by atoms with van der Waals surface area (Å²) in [6.07, 6.45) is 0.395. The van der Waals surface area contributed by atoms with Crippen molar-refractivity contribution in [3.8, 4) is 5.75 Å². The Hall–Kier alpha value is -2.37. The topological polar surface area (TPSA) is 83.6 Å². The molecule has 0 aromatic heterocycles. The predicted octanol–water partition coefficient (Wildman–Crippen LogP) is 2.21. The van der Waals surface area contributed by atoms with Crippen LogP contribution in [0.5, 0.6) is 5.75 Å². The van der Waals surface area contributed by atoms with Crippen molar-refractivity contribution in [3.05, 3.63) is 64.2 Å². The van der Waals surface area contributed by atoms with Gasteiger partial charge < -0.3 is 10.8 Å². The van der Waals surface area contributed by atoms with E-state index in [0.29, 0.717) is 22.6 Å². The molecule has 1 atom stereocenters.